The van der Waals surface area contributed by atoms with E-state index in [-0.39, 0.29) is 44.9 Å². The van der Waals surface area contributed by atoms with Crippen LogP contribution in [0.1, 0.15) is 168 Å². The molecule has 0 aromatic heterocycles. The van der Waals surface area contributed by atoms with E-state index in [9.17, 15) is 0 Å². The first-order valence-corrected chi connectivity index (χ1v) is 28.0. The molecule has 0 radical (unpaired) electrons. The third-order valence-electron chi connectivity index (χ3n) is 19.9. The van der Waals surface area contributed by atoms with Crippen molar-refractivity contribution in [3.8, 4) is 11.1 Å². The Kier molecular flexibility index (Phi) is 9.95. The molecule has 4 unspecified atom stereocenters. The molecule has 13 rings (SSSR count). The van der Waals surface area contributed by atoms with Gasteiger partial charge in [-0.3, -0.25) is 0 Å². The molecule has 0 amide bonds. The molecule has 0 N–H and O–H groups in total. The lowest BCUT2D eigenvalue weighted by Gasteiger charge is -2.54. The van der Waals surface area contributed by atoms with Crippen LogP contribution in [-0.2, 0) is 27.1 Å². The van der Waals surface area contributed by atoms with Crippen LogP contribution in [0.2, 0.25) is 0 Å². The zero-order valence-corrected chi connectivity index (χ0v) is 45.9. The minimum atomic E-state index is -0.228. The number of rotatable bonds is 4. The number of hydrogen-bond donors (Lipinski definition) is 0. The second-order valence-corrected chi connectivity index (χ2v) is 27.0. The first-order chi connectivity index (χ1) is 34.7. The highest BCUT2D eigenvalue weighted by Gasteiger charge is 2.65. The van der Waals surface area contributed by atoms with Crippen LogP contribution in [-0.4, -0.2) is 17.8 Å². The lowest BCUT2D eigenvalue weighted by molar-refractivity contribution is 0.195. The highest BCUT2D eigenvalue weighted by Crippen LogP contribution is 2.67. The minimum absolute atomic E-state index is 0.0171. The summed E-state index contributed by atoms with van der Waals surface area (Å²) in [6.07, 6.45) is 9.54. The molecular weight excluding hydrogens is 882 g/mol. The fourth-order valence-corrected chi connectivity index (χ4v) is 15.8. The van der Waals surface area contributed by atoms with Gasteiger partial charge >= 0.3 is 0 Å². The standard InChI is InChI=1S/C69H76BN3/c1-63(2,3)47-32-34-56(51(39-47)45-25-15-13-16-26-45)71-58-42-48(64(4,5)6)31-33-54(58)70-55-41-49(65(7,8)9)40-53-62(55)73(68(12)37-23-24-38-69(53,68)46-27-17-14-18-28-46)60-44-50(43-59(71)61(60)70)72-57-30-20-19-29-52(57)66(10)35-21-22-36-67(66,72)11/h13-20,25-34,39-44H,21-24,35-38H2,1-12H3. The molecule has 370 valence electrons. The second-order valence-electron chi connectivity index (χ2n) is 27.0. The van der Waals surface area contributed by atoms with E-state index in [0.29, 0.717) is 0 Å². The van der Waals surface area contributed by atoms with Crippen molar-refractivity contribution in [2.24, 2.45) is 0 Å². The largest absolute Gasteiger partial charge is 0.335 e. The number of para-hydroxylation sites is 1. The first kappa shape index (κ1) is 46.8. The number of hydrogen-bond acceptors (Lipinski definition) is 3. The maximum atomic E-state index is 2.98. The Morgan fingerprint density at radius 1 is 0.438 bits per heavy atom. The van der Waals surface area contributed by atoms with Crippen LogP contribution in [0.25, 0.3) is 11.1 Å². The highest BCUT2D eigenvalue weighted by molar-refractivity contribution is 7.00. The van der Waals surface area contributed by atoms with Gasteiger partial charge in [-0.2, -0.15) is 0 Å². The zero-order valence-electron chi connectivity index (χ0n) is 45.9. The molecule has 7 aromatic rings. The summed E-state index contributed by atoms with van der Waals surface area (Å²) in [5.41, 5.74) is 24.2. The predicted octanol–water partition coefficient (Wildman–Crippen LogP) is 16.4. The van der Waals surface area contributed by atoms with Gasteiger partial charge < -0.3 is 14.7 Å². The van der Waals surface area contributed by atoms with Gasteiger partial charge in [0.25, 0.3) is 6.71 Å². The van der Waals surface area contributed by atoms with Crippen LogP contribution in [0.15, 0.2) is 146 Å². The maximum absolute atomic E-state index is 2.98. The van der Waals surface area contributed by atoms with E-state index in [1.807, 2.05) is 0 Å². The molecule has 0 saturated heterocycles. The summed E-state index contributed by atoms with van der Waals surface area (Å²) in [5, 5.41) is 0. The van der Waals surface area contributed by atoms with Crippen LogP contribution < -0.4 is 31.1 Å². The normalized spacial score (nSPS) is 24.7. The number of nitrogens with zero attached hydrogens (tertiary/aromatic N) is 3. The van der Waals surface area contributed by atoms with E-state index < -0.39 is 0 Å². The Bertz CT molecular complexity index is 3390. The van der Waals surface area contributed by atoms with Gasteiger partial charge in [0.15, 0.2) is 0 Å². The Balaban J connectivity index is 1.21. The topological polar surface area (TPSA) is 9.72 Å². The fourth-order valence-electron chi connectivity index (χ4n) is 15.8. The molecule has 0 bridgehead atoms. The third-order valence-corrected chi connectivity index (χ3v) is 19.9. The molecule has 3 nitrogen and oxygen atoms in total. The van der Waals surface area contributed by atoms with E-state index in [4.69, 9.17) is 0 Å². The van der Waals surface area contributed by atoms with Gasteiger partial charge in [-0.05, 0) is 148 Å². The zero-order chi connectivity index (χ0) is 50.8. The van der Waals surface area contributed by atoms with Crippen molar-refractivity contribution >= 4 is 62.9 Å². The third kappa shape index (κ3) is 6.31. The summed E-state index contributed by atoms with van der Waals surface area (Å²) in [6.45, 7) is 29.4. The van der Waals surface area contributed by atoms with Crippen LogP contribution in [0.4, 0.5) is 39.8 Å². The molecule has 4 heterocycles. The average molecular weight is 958 g/mol. The SMILES string of the molecule is CC(C)(C)c1ccc(N2c3cc(C(C)(C)C)ccc3B3c4cc(C(C)(C)C)cc5c4N(c4cc(N6c7ccccc7C7(C)CCCCC67C)cc2c43)C2(C)CCCCC52c2ccccc2)c(-c2ccccc2)c1. The molecule has 4 heteroatoms. The van der Waals surface area contributed by atoms with Crippen molar-refractivity contribution < 1.29 is 0 Å². The van der Waals surface area contributed by atoms with Gasteiger partial charge in [0.2, 0.25) is 0 Å². The summed E-state index contributed by atoms with van der Waals surface area (Å²) < 4.78 is 0. The molecule has 2 saturated carbocycles. The van der Waals surface area contributed by atoms with E-state index in [0.717, 1.165) is 19.3 Å². The monoisotopic (exact) mass is 958 g/mol. The van der Waals surface area contributed by atoms with Gasteiger partial charge in [0, 0.05) is 50.5 Å². The molecule has 6 aliphatic rings. The summed E-state index contributed by atoms with van der Waals surface area (Å²) in [7, 11) is 0. The van der Waals surface area contributed by atoms with Crippen LogP contribution in [0, 0.1) is 0 Å². The smallest absolute Gasteiger partial charge is 0.252 e. The molecule has 2 aliphatic carbocycles. The minimum Gasteiger partial charge on any atom is -0.335 e. The molecule has 7 aromatic carbocycles. The predicted molar refractivity (Wildman–Crippen MR) is 313 cm³/mol. The van der Waals surface area contributed by atoms with Crippen molar-refractivity contribution in [1.82, 2.24) is 0 Å². The summed E-state index contributed by atoms with van der Waals surface area (Å²) in [5.74, 6) is 0. The van der Waals surface area contributed by atoms with Gasteiger partial charge in [-0.25, -0.2) is 0 Å². The Morgan fingerprint density at radius 2 is 1.04 bits per heavy atom. The number of fused-ring (bicyclic) bond motifs is 10. The van der Waals surface area contributed by atoms with Crippen LogP contribution >= 0.6 is 0 Å². The Morgan fingerprint density at radius 3 is 1.75 bits per heavy atom. The average Bonchev–Trinajstić information content (AvgIpc) is 3.75. The fraction of sp³-hybridized carbons (Fsp3) is 0.391. The maximum Gasteiger partial charge on any atom is 0.252 e. The van der Waals surface area contributed by atoms with E-state index in [1.54, 1.807) is 5.56 Å². The summed E-state index contributed by atoms with van der Waals surface area (Å²) >= 11 is 0. The van der Waals surface area contributed by atoms with E-state index in [1.165, 1.54) is 127 Å². The Labute approximate surface area is 438 Å². The molecule has 2 fully saturated rings. The van der Waals surface area contributed by atoms with Crippen LogP contribution in [0.5, 0.6) is 0 Å². The molecule has 73 heavy (non-hydrogen) atoms. The molecule has 4 atom stereocenters. The van der Waals surface area contributed by atoms with Gasteiger partial charge in [0.05, 0.1) is 16.8 Å². The quantitative estimate of drug-likeness (QED) is 0.163. The number of anilines is 7. The first-order valence-electron chi connectivity index (χ1n) is 28.0. The number of benzene rings is 7. The van der Waals surface area contributed by atoms with Gasteiger partial charge in [-0.1, -0.05) is 204 Å². The lowest BCUT2D eigenvalue weighted by atomic mass is 9.33. The lowest BCUT2D eigenvalue weighted by Crippen LogP contribution is -2.65. The summed E-state index contributed by atoms with van der Waals surface area (Å²) in [6, 6.07) is 58.3. The molecule has 0 spiro atoms. The van der Waals surface area contributed by atoms with E-state index in [2.05, 4.69) is 243 Å². The van der Waals surface area contributed by atoms with E-state index >= 15 is 0 Å². The van der Waals surface area contributed by atoms with Gasteiger partial charge in [0.1, 0.15) is 0 Å². The summed E-state index contributed by atoms with van der Waals surface area (Å²) in [4.78, 5) is 8.59. The van der Waals surface area contributed by atoms with Crippen LogP contribution in [0.3, 0.4) is 0 Å². The van der Waals surface area contributed by atoms with Crippen molar-refractivity contribution in [2.45, 2.75) is 173 Å². The molecule has 4 aliphatic heterocycles. The second kappa shape index (κ2) is 15.5. The Hall–Kier alpha value is -6.00. The van der Waals surface area contributed by atoms with Crippen molar-refractivity contribution in [2.75, 3.05) is 14.7 Å². The molecular formula is C69H76BN3. The van der Waals surface area contributed by atoms with Crippen molar-refractivity contribution in [3.63, 3.8) is 0 Å². The van der Waals surface area contributed by atoms with Crippen molar-refractivity contribution in [3.05, 3.63) is 179 Å². The highest BCUT2D eigenvalue weighted by atomic mass is 15.3. The van der Waals surface area contributed by atoms with Crippen molar-refractivity contribution in [1.29, 1.82) is 0 Å². The van der Waals surface area contributed by atoms with Gasteiger partial charge in [-0.15, -0.1) is 0 Å².